The Hall–Kier alpha value is -2.33. The first-order chi connectivity index (χ1) is 9.72. The zero-order valence-electron chi connectivity index (χ0n) is 10.9. The Kier molecular flexibility index (Phi) is 4.74. The lowest BCUT2D eigenvalue weighted by molar-refractivity contribution is -0.113. The molecular weight excluding hydrogens is 274 g/mol. The van der Waals surface area contributed by atoms with E-state index < -0.39 is 0 Å². The highest BCUT2D eigenvalue weighted by atomic mass is 32.2. The summed E-state index contributed by atoms with van der Waals surface area (Å²) < 4.78 is 1.87. The molecule has 1 aromatic carbocycles. The minimum Gasteiger partial charge on any atom is -0.325 e. The van der Waals surface area contributed by atoms with Crippen molar-refractivity contribution < 1.29 is 4.79 Å². The van der Waals surface area contributed by atoms with Crippen LogP contribution in [0.15, 0.2) is 35.7 Å². The molecule has 1 heterocycles. The first-order valence-electron chi connectivity index (χ1n) is 6.03. The summed E-state index contributed by atoms with van der Waals surface area (Å²) in [4.78, 5) is 11.8. The Morgan fingerprint density at radius 2 is 2.20 bits per heavy atom. The molecule has 0 bridgehead atoms. The maximum atomic E-state index is 11.8. The van der Waals surface area contributed by atoms with Crippen LogP contribution in [0.4, 0.5) is 5.69 Å². The van der Waals surface area contributed by atoms with Crippen LogP contribution >= 0.6 is 11.8 Å². The number of benzene rings is 1. The number of amides is 1. The lowest BCUT2D eigenvalue weighted by Crippen LogP contribution is -2.14. The number of hydrogen-bond donors (Lipinski definition) is 1. The highest BCUT2D eigenvalue weighted by molar-refractivity contribution is 7.99. The van der Waals surface area contributed by atoms with Crippen molar-refractivity contribution in [1.82, 2.24) is 14.8 Å². The average molecular weight is 287 g/mol. The van der Waals surface area contributed by atoms with E-state index in [0.717, 1.165) is 11.7 Å². The molecule has 0 atom stereocenters. The number of thioether (sulfide) groups is 1. The van der Waals surface area contributed by atoms with Crippen molar-refractivity contribution in [3.63, 3.8) is 0 Å². The third kappa shape index (κ3) is 3.59. The number of nitrogens with zero attached hydrogens (tertiary/aromatic N) is 4. The summed E-state index contributed by atoms with van der Waals surface area (Å²) in [7, 11) is 0. The van der Waals surface area contributed by atoms with Crippen molar-refractivity contribution in [2.75, 3.05) is 11.1 Å². The van der Waals surface area contributed by atoms with Gasteiger partial charge in [-0.3, -0.25) is 4.79 Å². The van der Waals surface area contributed by atoms with E-state index in [1.165, 1.54) is 11.8 Å². The normalized spacial score (nSPS) is 10.0. The van der Waals surface area contributed by atoms with E-state index in [1.807, 2.05) is 17.6 Å². The Labute approximate surface area is 120 Å². The second-order valence-corrected chi connectivity index (χ2v) is 4.87. The molecule has 1 aromatic heterocycles. The number of rotatable bonds is 5. The molecule has 2 rings (SSSR count). The molecule has 0 spiro atoms. The molecule has 0 saturated heterocycles. The predicted molar refractivity (Wildman–Crippen MR) is 76.2 cm³/mol. The second kappa shape index (κ2) is 6.73. The van der Waals surface area contributed by atoms with E-state index in [2.05, 4.69) is 15.5 Å². The quantitative estimate of drug-likeness (QED) is 0.849. The van der Waals surface area contributed by atoms with Crippen molar-refractivity contribution in [3.05, 3.63) is 36.2 Å². The first kappa shape index (κ1) is 14.1. The van der Waals surface area contributed by atoms with Gasteiger partial charge in [-0.1, -0.05) is 11.8 Å². The molecule has 102 valence electrons. The number of nitrogens with one attached hydrogen (secondary N) is 1. The van der Waals surface area contributed by atoms with Crippen LogP contribution in [-0.4, -0.2) is 26.4 Å². The van der Waals surface area contributed by atoms with Gasteiger partial charge >= 0.3 is 0 Å². The van der Waals surface area contributed by atoms with E-state index in [9.17, 15) is 4.79 Å². The van der Waals surface area contributed by atoms with Crippen LogP contribution in [0.2, 0.25) is 0 Å². The molecule has 20 heavy (non-hydrogen) atoms. The minimum absolute atomic E-state index is 0.120. The maximum absolute atomic E-state index is 11.8. The largest absolute Gasteiger partial charge is 0.325 e. The average Bonchev–Trinajstić information content (AvgIpc) is 2.93. The van der Waals surface area contributed by atoms with Crippen molar-refractivity contribution in [1.29, 1.82) is 5.26 Å². The monoisotopic (exact) mass is 287 g/mol. The second-order valence-electron chi connectivity index (χ2n) is 3.93. The van der Waals surface area contributed by atoms with Crippen molar-refractivity contribution >= 4 is 23.4 Å². The van der Waals surface area contributed by atoms with E-state index >= 15 is 0 Å². The van der Waals surface area contributed by atoms with Gasteiger partial charge in [0.2, 0.25) is 5.91 Å². The van der Waals surface area contributed by atoms with Crippen molar-refractivity contribution in [2.24, 2.45) is 0 Å². The molecule has 0 radical (unpaired) electrons. The fourth-order valence-electron chi connectivity index (χ4n) is 1.53. The number of carbonyl (C=O) groups excluding carboxylic acids is 1. The summed E-state index contributed by atoms with van der Waals surface area (Å²) in [5.41, 5.74) is 1.24. The minimum atomic E-state index is -0.120. The van der Waals surface area contributed by atoms with Gasteiger partial charge in [-0.2, -0.15) is 5.26 Å². The van der Waals surface area contributed by atoms with E-state index in [1.54, 1.807) is 30.6 Å². The van der Waals surface area contributed by atoms with Gasteiger partial charge in [-0.15, -0.1) is 10.2 Å². The topological polar surface area (TPSA) is 83.6 Å². The van der Waals surface area contributed by atoms with Gasteiger partial charge in [0.05, 0.1) is 17.4 Å². The fraction of sp³-hybridized carbons (Fsp3) is 0.231. The molecule has 0 aliphatic carbocycles. The van der Waals surface area contributed by atoms with Crippen molar-refractivity contribution in [3.8, 4) is 6.07 Å². The predicted octanol–water partition coefficient (Wildman–Crippen LogP) is 1.90. The molecule has 0 fully saturated rings. The summed E-state index contributed by atoms with van der Waals surface area (Å²) in [6.45, 7) is 2.76. The number of nitriles is 1. The Balaban J connectivity index is 1.88. The van der Waals surface area contributed by atoms with Crippen LogP contribution < -0.4 is 5.32 Å². The molecule has 6 nitrogen and oxygen atoms in total. The number of hydrogen-bond acceptors (Lipinski definition) is 5. The summed E-state index contributed by atoms with van der Waals surface area (Å²) in [5.74, 6) is 0.143. The molecule has 1 amide bonds. The van der Waals surface area contributed by atoms with E-state index in [4.69, 9.17) is 5.26 Å². The van der Waals surface area contributed by atoms with Gasteiger partial charge < -0.3 is 9.88 Å². The maximum Gasteiger partial charge on any atom is 0.234 e. The molecule has 0 unspecified atom stereocenters. The summed E-state index contributed by atoms with van der Waals surface area (Å²) >= 11 is 1.34. The number of anilines is 1. The lowest BCUT2D eigenvalue weighted by atomic mass is 10.2. The molecular formula is C13H13N5OS. The zero-order chi connectivity index (χ0) is 14.4. The lowest BCUT2D eigenvalue weighted by Gasteiger charge is -2.05. The Morgan fingerprint density at radius 1 is 1.45 bits per heavy atom. The highest BCUT2D eigenvalue weighted by Gasteiger charge is 2.08. The third-order valence-corrected chi connectivity index (χ3v) is 3.53. The Morgan fingerprint density at radius 3 is 2.85 bits per heavy atom. The summed E-state index contributed by atoms with van der Waals surface area (Å²) in [6, 6.07) is 8.76. The van der Waals surface area contributed by atoms with E-state index in [-0.39, 0.29) is 11.7 Å². The van der Waals surface area contributed by atoms with Gasteiger partial charge in [0, 0.05) is 12.2 Å². The first-order valence-corrected chi connectivity index (χ1v) is 7.02. The number of aromatic nitrogens is 3. The standard InChI is InChI=1S/C13H13N5OS/c1-2-18-9-15-17-13(18)20-8-12(19)16-11-5-3-10(7-14)4-6-11/h3-6,9H,2,8H2,1H3,(H,16,19). The van der Waals surface area contributed by atoms with Gasteiger partial charge in [-0.25, -0.2) is 0 Å². The number of aryl methyl sites for hydroxylation is 1. The van der Waals surface area contributed by atoms with Crippen molar-refractivity contribution in [2.45, 2.75) is 18.6 Å². The van der Waals surface area contributed by atoms with Crippen LogP contribution in [0.1, 0.15) is 12.5 Å². The molecule has 7 heteroatoms. The smallest absolute Gasteiger partial charge is 0.234 e. The highest BCUT2D eigenvalue weighted by Crippen LogP contribution is 2.15. The van der Waals surface area contributed by atoms with Crippen LogP contribution in [-0.2, 0) is 11.3 Å². The van der Waals surface area contributed by atoms with E-state index in [0.29, 0.717) is 11.3 Å². The zero-order valence-corrected chi connectivity index (χ0v) is 11.7. The van der Waals surface area contributed by atoms with Gasteiger partial charge in [0.25, 0.3) is 0 Å². The van der Waals surface area contributed by atoms with Crippen LogP contribution in [0.3, 0.4) is 0 Å². The number of carbonyl (C=O) groups is 1. The van der Waals surface area contributed by atoms with Crippen LogP contribution in [0.5, 0.6) is 0 Å². The molecule has 0 saturated carbocycles. The van der Waals surface area contributed by atoms with Gasteiger partial charge in [0.1, 0.15) is 6.33 Å². The molecule has 0 aliphatic rings. The molecule has 2 aromatic rings. The summed E-state index contributed by atoms with van der Waals surface area (Å²) in [6.07, 6.45) is 1.64. The van der Waals surface area contributed by atoms with Crippen LogP contribution in [0.25, 0.3) is 0 Å². The van der Waals surface area contributed by atoms with Gasteiger partial charge in [0.15, 0.2) is 5.16 Å². The Bertz CT molecular complexity index is 629. The van der Waals surface area contributed by atoms with Gasteiger partial charge in [-0.05, 0) is 31.2 Å². The third-order valence-electron chi connectivity index (χ3n) is 2.55. The fourth-order valence-corrected chi connectivity index (χ4v) is 2.31. The molecule has 0 aliphatic heterocycles. The SMILES string of the molecule is CCn1cnnc1SCC(=O)Nc1ccc(C#N)cc1. The summed E-state index contributed by atoms with van der Waals surface area (Å²) in [5, 5.41) is 19.9. The van der Waals surface area contributed by atoms with Crippen LogP contribution in [0, 0.1) is 11.3 Å². The molecule has 1 N–H and O–H groups in total.